The number of halogens is 3. The highest BCUT2D eigenvalue weighted by Gasteiger charge is 2.52. The van der Waals surface area contributed by atoms with E-state index in [9.17, 15) is 13.2 Å². The summed E-state index contributed by atoms with van der Waals surface area (Å²) in [5.74, 6) is 2.77. The van der Waals surface area contributed by atoms with Gasteiger partial charge in [-0.3, -0.25) is 5.41 Å². The zero-order valence-electron chi connectivity index (χ0n) is 8.59. The molecule has 1 aliphatic heterocycles. The van der Waals surface area contributed by atoms with Crippen LogP contribution in [0, 0.1) is 17.2 Å². The molecule has 2 rings (SSSR count). The number of hydrogen-bond donors (Lipinski definition) is 2. The molecule has 1 aliphatic carbocycles. The van der Waals surface area contributed by atoms with Gasteiger partial charge < -0.3 is 0 Å². The van der Waals surface area contributed by atoms with Crippen molar-refractivity contribution in [3.63, 3.8) is 0 Å². The van der Waals surface area contributed by atoms with E-state index in [1.54, 1.807) is 0 Å². The lowest BCUT2D eigenvalue weighted by molar-refractivity contribution is -0.169. The van der Waals surface area contributed by atoms with Crippen LogP contribution in [0.15, 0.2) is 4.99 Å². The number of nitrogens with zero attached hydrogens (tertiary/aromatic N) is 2. The smallest absolute Gasteiger partial charge is 0.266 e. The summed E-state index contributed by atoms with van der Waals surface area (Å²) < 4.78 is 38.7. The third kappa shape index (κ3) is 1.79. The largest absolute Gasteiger partial charge is 0.399 e. The first kappa shape index (κ1) is 11.4. The Morgan fingerprint density at radius 3 is 2.31 bits per heavy atom. The minimum Gasteiger partial charge on any atom is -0.266 e. The topological polar surface area (TPSA) is 65.5 Å². The first-order valence-electron chi connectivity index (χ1n) is 5.20. The van der Waals surface area contributed by atoms with Crippen molar-refractivity contribution in [1.82, 2.24) is 5.01 Å². The van der Waals surface area contributed by atoms with Gasteiger partial charge >= 0.3 is 6.18 Å². The highest BCUT2D eigenvalue weighted by atomic mass is 19.4. The molecule has 0 aromatic carbocycles. The van der Waals surface area contributed by atoms with Crippen LogP contribution in [-0.2, 0) is 0 Å². The maximum absolute atomic E-state index is 12.9. The number of hydrogen-bond acceptors (Lipinski definition) is 2. The Hall–Kier alpha value is -1.11. The van der Waals surface area contributed by atoms with Gasteiger partial charge in [-0.2, -0.15) is 18.2 Å². The molecule has 16 heavy (non-hydrogen) atoms. The van der Waals surface area contributed by atoms with E-state index in [1.807, 2.05) is 0 Å². The summed E-state index contributed by atoms with van der Waals surface area (Å²) in [7, 11) is 0. The lowest BCUT2D eigenvalue weighted by Gasteiger charge is -2.36. The molecule has 1 unspecified atom stereocenters. The van der Waals surface area contributed by atoms with Gasteiger partial charge in [-0.15, -0.1) is 0 Å². The molecule has 0 aromatic heterocycles. The van der Waals surface area contributed by atoms with E-state index >= 15 is 0 Å². The summed E-state index contributed by atoms with van der Waals surface area (Å²) >= 11 is 0. The molecule has 7 heteroatoms. The van der Waals surface area contributed by atoms with Gasteiger partial charge in [-0.05, 0) is 18.8 Å². The molecule has 4 nitrogen and oxygen atoms in total. The van der Waals surface area contributed by atoms with E-state index in [1.165, 1.54) is 0 Å². The average molecular weight is 234 g/mol. The fourth-order valence-electron chi connectivity index (χ4n) is 2.41. The lowest BCUT2D eigenvalue weighted by atomic mass is 9.88. The van der Waals surface area contributed by atoms with Crippen LogP contribution >= 0.6 is 0 Å². The number of rotatable bonds is 2. The summed E-state index contributed by atoms with van der Waals surface area (Å²) in [5, 5.41) is 7.81. The number of alkyl halides is 3. The SMILES string of the molecule is N=C1N=C(C(C2CCCC2)C(F)(F)F)N1N. The monoisotopic (exact) mass is 234 g/mol. The fraction of sp³-hybridized carbons (Fsp3) is 0.778. The van der Waals surface area contributed by atoms with Crippen molar-refractivity contribution < 1.29 is 13.2 Å². The zero-order valence-corrected chi connectivity index (χ0v) is 8.59. The summed E-state index contributed by atoms with van der Waals surface area (Å²) in [6, 6.07) is 0. The van der Waals surface area contributed by atoms with Crippen LogP contribution in [0.4, 0.5) is 13.2 Å². The van der Waals surface area contributed by atoms with Gasteiger partial charge in [0.05, 0.1) is 0 Å². The predicted molar refractivity (Wildman–Crippen MR) is 52.7 cm³/mol. The van der Waals surface area contributed by atoms with Crippen molar-refractivity contribution in [2.24, 2.45) is 22.7 Å². The summed E-state index contributed by atoms with van der Waals surface area (Å²) in [5.41, 5.74) is 0. The van der Waals surface area contributed by atoms with Crippen molar-refractivity contribution in [2.45, 2.75) is 31.9 Å². The van der Waals surface area contributed by atoms with Crippen LogP contribution in [0.1, 0.15) is 25.7 Å². The van der Waals surface area contributed by atoms with E-state index < -0.39 is 18.0 Å². The Bertz CT molecular complexity index is 330. The van der Waals surface area contributed by atoms with E-state index in [0.717, 1.165) is 17.9 Å². The standard InChI is InChI=1S/C9H13F3N4/c10-9(11,12)6(5-3-1-2-4-5)7-15-8(13)16(7)14/h5-6,13H,1-4,14H2. The molecule has 0 amide bonds. The molecule has 3 N–H and O–H groups in total. The first-order valence-corrected chi connectivity index (χ1v) is 5.20. The zero-order chi connectivity index (χ0) is 11.9. The summed E-state index contributed by atoms with van der Waals surface area (Å²) in [6.07, 6.45) is -1.56. The van der Waals surface area contributed by atoms with E-state index in [2.05, 4.69) is 4.99 Å². The first-order chi connectivity index (χ1) is 7.41. The molecule has 0 spiro atoms. The minimum absolute atomic E-state index is 0.204. The normalized spacial score (nSPS) is 24.4. The number of amidine groups is 1. The van der Waals surface area contributed by atoms with E-state index in [0.29, 0.717) is 12.8 Å². The van der Waals surface area contributed by atoms with Crippen molar-refractivity contribution >= 4 is 11.8 Å². The lowest BCUT2D eigenvalue weighted by Crippen LogP contribution is -2.57. The summed E-state index contributed by atoms with van der Waals surface area (Å²) in [6.45, 7) is 0. The Kier molecular flexibility index (Phi) is 2.65. The minimum atomic E-state index is -4.33. The Labute approximate surface area is 90.8 Å². The Morgan fingerprint density at radius 1 is 1.38 bits per heavy atom. The molecular formula is C9H13F3N4. The Balaban J connectivity index is 2.22. The van der Waals surface area contributed by atoms with Crippen LogP contribution < -0.4 is 5.84 Å². The van der Waals surface area contributed by atoms with Crippen LogP contribution in [-0.4, -0.2) is 23.0 Å². The third-order valence-corrected chi connectivity index (χ3v) is 3.20. The molecule has 1 heterocycles. The van der Waals surface area contributed by atoms with Gasteiger partial charge in [0.1, 0.15) is 11.8 Å². The molecule has 1 fully saturated rings. The van der Waals surface area contributed by atoms with Crippen LogP contribution in [0.2, 0.25) is 0 Å². The molecule has 0 saturated heterocycles. The van der Waals surface area contributed by atoms with E-state index in [4.69, 9.17) is 11.3 Å². The quantitative estimate of drug-likeness (QED) is 0.716. The van der Waals surface area contributed by atoms with Crippen molar-refractivity contribution in [1.29, 1.82) is 5.41 Å². The highest BCUT2D eigenvalue weighted by Crippen LogP contribution is 2.42. The average Bonchev–Trinajstić information content (AvgIpc) is 2.68. The maximum atomic E-state index is 12.9. The van der Waals surface area contributed by atoms with Crippen molar-refractivity contribution in [2.75, 3.05) is 0 Å². The molecule has 1 atom stereocenters. The molecule has 0 bridgehead atoms. The van der Waals surface area contributed by atoms with Gasteiger partial charge in [0, 0.05) is 0 Å². The number of nitrogens with one attached hydrogen (secondary N) is 1. The number of nitrogens with two attached hydrogens (primary N) is 1. The molecule has 2 aliphatic rings. The fourth-order valence-corrected chi connectivity index (χ4v) is 2.41. The van der Waals surface area contributed by atoms with Gasteiger partial charge in [0.25, 0.3) is 0 Å². The second kappa shape index (κ2) is 3.73. The molecule has 0 radical (unpaired) electrons. The second-order valence-corrected chi connectivity index (χ2v) is 4.23. The molecular weight excluding hydrogens is 221 g/mol. The number of aliphatic imine (C=N–C) groups is 1. The summed E-state index contributed by atoms with van der Waals surface area (Å²) in [4.78, 5) is 3.50. The number of hydrazine groups is 1. The number of guanidine groups is 1. The van der Waals surface area contributed by atoms with Gasteiger partial charge in [-0.1, -0.05) is 12.8 Å². The van der Waals surface area contributed by atoms with Crippen LogP contribution in [0.25, 0.3) is 0 Å². The van der Waals surface area contributed by atoms with Crippen molar-refractivity contribution in [3.8, 4) is 0 Å². The molecule has 1 saturated carbocycles. The van der Waals surface area contributed by atoms with Gasteiger partial charge in [0.15, 0.2) is 0 Å². The highest BCUT2D eigenvalue weighted by molar-refractivity contribution is 6.13. The van der Waals surface area contributed by atoms with Gasteiger partial charge in [-0.25, -0.2) is 10.9 Å². The van der Waals surface area contributed by atoms with Crippen LogP contribution in [0.3, 0.4) is 0 Å². The van der Waals surface area contributed by atoms with Crippen molar-refractivity contribution in [3.05, 3.63) is 0 Å². The third-order valence-electron chi connectivity index (χ3n) is 3.20. The van der Waals surface area contributed by atoms with Crippen LogP contribution in [0.5, 0.6) is 0 Å². The molecule has 0 aromatic rings. The second-order valence-electron chi connectivity index (χ2n) is 4.23. The Morgan fingerprint density at radius 2 is 1.94 bits per heavy atom. The predicted octanol–water partition coefficient (Wildman–Crippen LogP) is 1.88. The van der Waals surface area contributed by atoms with E-state index in [-0.39, 0.29) is 11.8 Å². The molecule has 90 valence electrons. The van der Waals surface area contributed by atoms with Gasteiger partial charge in [0.2, 0.25) is 5.96 Å². The maximum Gasteiger partial charge on any atom is 0.399 e.